The molecule has 1 aromatic heterocycles. The Balaban J connectivity index is 1.80. The summed E-state index contributed by atoms with van der Waals surface area (Å²) in [5.41, 5.74) is 0.995. The first-order chi connectivity index (χ1) is 12.5. The minimum atomic E-state index is -3.73. The fourth-order valence-electron chi connectivity index (χ4n) is 3.16. The zero-order valence-electron chi connectivity index (χ0n) is 15.3. The van der Waals surface area contributed by atoms with E-state index in [1.54, 1.807) is 20.9 Å². The molecule has 0 unspecified atom stereocenters. The molecule has 8 nitrogen and oxygen atoms in total. The number of halogens is 1. The number of aromatic nitrogens is 2. The Labute approximate surface area is 164 Å². The molecule has 2 aromatic rings. The van der Waals surface area contributed by atoms with Crippen LogP contribution in [0.2, 0.25) is 5.02 Å². The van der Waals surface area contributed by atoms with Crippen LogP contribution in [0.3, 0.4) is 0 Å². The number of benzene rings is 1. The lowest BCUT2D eigenvalue weighted by Crippen LogP contribution is -2.50. The van der Waals surface area contributed by atoms with E-state index in [1.165, 1.54) is 37.6 Å². The van der Waals surface area contributed by atoms with Gasteiger partial charge in [-0.1, -0.05) is 11.6 Å². The molecule has 1 saturated heterocycles. The highest BCUT2D eigenvalue weighted by molar-refractivity contribution is 7.89. The smallest absolute Gasteiger partial charge is 0.246 e. The van der Waals surface area contributed by atoms with Gasteiger partial charge in [-0.25, -0.2) is 16.8 Å². The number of hydrogen-bond donors (Lipinski definition) is 0. The van der Waals surface area contributed by atoms with Crippen molar-refractivity contribution in [2.24, 2.45) is 7.05 Å². The zero-order chi connectivity index (χ0) is 20.0. The molecule has 0 bridgehead atoms. The van der Waals surface area contributed by atoms with Gasteiger partial charge in [0, 0.05) is 38.2 Å². The van der Waals surface area contributed by atoms with E-state index in [1.807, 2.05) is 0 Å². The van der Waals surface area contributed by atoms with Crippen LogP contribution in [-0.2, 0) is 27.1 Å². The summed E-state index contributed by atoms with van der Waals surface area (Å²) in [6.07, 6.45) is 0. The third-order valence-corrected chi connectivity index (χ3v) is 9.01. The molecule has 3 rings (SSSR count). The Morgan fingerprint density at radius 1 is 0.889 bits per heavy atom. The van der Waals surface area contributed by atoms with Crippen LogP contribution in [0, 0.1) is 13.8 Å². The van der Waals surface area contributed by atoms with Crippen molar-refractivity contribution in [2.45, 2.75) is 23.6 Å². The van der Waals surface area contributed by atoms with Crippen molar-refractivity contribution in [3.63, 3.8) is 0 Å². The first-order valence-corrected chi connectivity index (χ1v) is 11.6. The molecule has 1 aromatic carbocycles. The largest absolute Gasteiger partial charge is 0.271 e. The van der Waals surface area contributed by atoms with E-state index in [9.17, 15) is 16.8 Å². The van der Waals surface area contributed by atoms with Crippen LogP contribution >= 0.6 is 11.6 Å². The van der Waals surface area contributed by atoms with Crippen LogP contribution in [0.15, 0.2) is 34.1 Å². The summed E-state index contributed by atoms with van der Waals surface area (Å²) in [4.78, 5) is 0.334. The molecule has 0 aliphatic carbocycles. The second-order valence-corrected chi connectivity index (χ2v) is 10.6. The van der Waals surface area contributed by atoms with Crippen LogP contribution in [0.25, 0.3) is 0 Å². The standard InChI is InChI=1S/C16H21ClN4O4S2/c1-12-16(13(2)19(3)18-12)27(24,25)21-10-8-20(9-11-21)26(22,23)15-6-4-14(17)5-7-15/h4-7H,8-11H2,1-3H3. The molecule has 1 fully saturated rings. The summed E-state index contributed by atoms with van der Waals surface area (Å²) in [6, 6.07) is 5.93. The Morgan fingerprint density at radius 3 is 1.81 bits per heavy atom. The van der Waals surface area contributed by atoms with E-state index in [0.29, 0.717) is 16.4 Å². The van der Waals surface area contributed by atoms with Crippen LogP contribution in [-0.4, -0.2) is 61.4 Å². The third-order valence-electron chi connectivity index (χ3n) is 4.69. The number of sulfonamides is 2. The van der Waals surface area contributed by atoms with Crippen LogP contribution in [0.1, 0.15) is 11.4 Å². The topological polar surface area (TPSA) is 92.6 Å². The van der Waals surface area contributed by atoms with Crippen molar-refractivity contribution in [2.75, 3.05) is 26.2 Å². The van der Waals surface area contributed by atoms with Gasteiger partial charge in [0.2, 0.25) is 20.0 Å². The predicted molar refractivity (Wildman–Crippen MR) is 102 cm³/mol. The molecule has 1 aliphatic heterocycles. The average Bonchev–Trinajstić information content (AvgIpc) is 2.88. The number of hydrogen-bond acceptors (Lipinski definition) is 5. The highest BCUT2D eigenvalue weighted by Gasteiger charge is 2.36. The molecule has 2 heterocycles. The van der Waals surface area contributed by atoms with Gasteiger partial charge in [0.25, 0.3) is 0 Å². The maximum atomic E-state index is 13.0. The van der Waals surface area contributed by atoms with Gasteiger partial charge in [-0.3, -0.25) is 4.68 Å². The van der Waals surface area contributed by atoms with E-state index in [0.717, 1.165) is 0 Å². The minimum Gasteiger partial charge on any atom is -0.271 e. The first-order valence-electron chi connectivity index (χ1n) is 8.31. The molecule has 0 atom stereocenters. The van der Waals surface area contributed by atoms with Gasteiger partial charge in [-0.2, -0.15) is 13.7 Å². The number of rotatable bonds is 4. The number of aryl methyl sites for hydroxylation is 2. The van der Waals surface area contributed by atoms with Crippen LogP contribution < -0.4 is 0 Å². The lowest BCUT2D eigenvalue weighted by molar-refractivity contribution is 0.272. The van der Waals surface area contributed by atoms with Crippen molar-refractivity contribution in [1.82, 2.24) is 18.4 Å². The Hall–Kier alpha value is -1.46. The van der Waals surface area contributed by atoms with E-state index < -0.39 is 20.0 Å². The molecule has 0 spiro atoms. The van der Waals surface area contributed by atoms with E-state index in [2.05, 4.69) is 5.10 Å². The molecule has 0 saturated carbocycles. The second kappa shape index (κ2) is 7.17. The highest BCUT2D eigenvalue weighted by atomic mass is 35.5. The van der Waals surface area contributed by atoms with Gasteiger partial charge < -0.3 is 0 Å². The van der Waals surface area contributed by atoms with Crippen molar-refractivity contribution in [3.05, 3.63) is 40.7 Å². The third kappa shape index (κ3) is 3.64. The van der Waals surface area contributed by atoms with Crippen molar-refractivity contribution in [3.8, 4) is 0 Å². The van der Waals surface area contributed by atoms with E-state index >= 15 is 0 Å². The first kappa shape index (κ1) is 20.3. The fraction of sp³-hybridized carbons (Fsp3) is 0.438. The Bertz CT molecular complexity index is 1050. The lowest BCUT2D eigenvalue weighted by atomic mass is 10.4. The predicted octanol–water partition coefficient (Wildman–Crippen LogP) is 1.39. The summed E-state index contributed by atoms with van der Waals surface area (Å²) in [7, 11) is -5.73. The highest BCUT2D eigenvalue weighted by Crippen LogP contribution is 2.26. The maximum Gasteiger partial charge on any atom is 0.246 e. The van der Waals surface area contributed by atoms with E-state index in [-0.39, 0.29) is 36.0 Å². The monoisotopic (exact) mass is 432 g/mol. The summed E-state index contributed by atoms with van der Waals surface area (Å²) < 4.78 is 55.6. The van der Waals surface area contributed by atoms with Crippen molar-refractivity contribution < 1.29 is 16.8 Å². The SMILES string of the molecule is Cc1nn(C)c(C)c1S(=O)(=O)N1CCN(S(=O)(=O)c2ccc(Cl)cc2)CC1. The van der Waals surface area contributed by atoms with Gasteiger partial charge in [0.1, 0.15) is 4.90 Å². The molecule has 1 aliphatic rings. The second-order valence-electron chi connectivity index (χ2n) is 6.39. The molecule has 0 amide bonds. The Morgan fingerprint density at radius 2 is 1.37 bits per heavy atom. The van der Waals surface area contributed by atoms with Gasteiger partial charge in [-0.05, 0) is 38.1 Å². The molecule has 11 heteroatoms. The quantitative estimate of drug-likeness (QED) is 0.727. The summed E-state index contributed by atoms with van der Waals surface area (Å²) >= 11 is 5.81. The lowest BCUT2D eigenvalue weighted by Gasteiger charge is -2.33. The van der Waals surface area contributed by atoms with Crippen molar-refractivity contribution in [1.29, 1.82) is 0 Å². The molecule has 27 heavy (non-hydrogen) atoms. The van der Waals surface area contributed by atoms with Gasteiger partial charge in [-0.15, -0.1) is 0 Å². The van der Waals surface area contributed by atoms with E-state index in [4.69, 9.17) is 11.6 Å². The fourth-order valence-corrected chi connectivity index (χ4v) is 6.53. The maximum absolute atomic E-state index is 13.0. The molecule has 148 valence electrons. The minimum absolute atomic E-state index is 0.0859. The molecular formula is C16H21ClN4O4S2. The van der Waals surface area contributed by atoms with Gasteiger partial charge in [0.05, 0.1) is 16.3 Å². The number of nitrogens with zero attached hydrogens (tertiary/aromatic N) is 4. The zero-order valence-corrected chi connectivity index (χ0v) is 17.6. The van der Waals surface area contributed by atoms with Crippen LogP contribution in [0.5, 0.6) is 0 Å². The van der Waals surface area contributed by atoms with Crippen molar-refractivity contribution >= 4 is 31.6 Å². The van der Waals surface area contributed by atoms with Gasteiger partial charge >= 0.3 is 0 Å². The summed E-state index contributed by atoms with van der Waals surface area (Å²) in [5.74, 6) is 0. The average molecular weight is 433 g/mol. The molecular weight excluding hydrogens is 412 g/mol. The normalized spacial score (nSPS) is 17.3. The summed E-state index contributed by atoms with van der Waals surface area (Å²) in [6.45, 7) is 3.70. The number of piperazine rings is 1. The van der Waals surface area contributed by atoms with Gasteiger partial charge in [0.15, 0.2) is 0 Å². The Kier molecular flexibility index (Phi) is 5.39. The molecule has 0 N–H and O–H groups in total. The molecule has 0 radical (unpaired) electrons. The van der Waals surface area contributed by atoms with Crippen LogP contribution in [0.4, 0.5) is 0 Å². The summed E-state index contributed by atoms with van der Waals surface area (Å²) in [5, 5.41) is 4.62.